The monoisotopic (exact) mass is 459 g/mol. The van der Waals surface area contributed by atoms with Crippen LogP contribution in [-0.2, 0) is 21.0 Å². The summed E-state index contributed by atoms with van der Waals surface area (Å²) in [5, 5.41) is 2.91. The summed E-state index contributed by atoms with van der Waals surface area (Å²) in [7, 11) is -3.29. The molecule has 2 aromatic rings. The second-order valence-electron chi connectivity index (χ2n) is 8.84. The van der Waals surface area contributed by atoms with Crippen LogP contribution >= 0.6 is 0 Å². The van der Waals surface area contributed by atoms with Crippen molar-refractivity contribution in [2.45, 2.75) is 56.8 Å². The predicted octanol–water partition coefficient (Wildman–Crippen LogP) is 3.67. The fourth-order valence-corrected chi connectivity index (χ4v) is 3.86. The fourth-order valence-electron chi connectivity index (χ4n) is 3.23. The average molecular weight is 460 g/mol. The molecular formula is C23H29N3O5S. The van der Waals surface area contributed by atoms with Gasteiger partial charge < -0.3 is 20.5 Å². The highest BCUT2D eigenvalue weighted by Gasteiger charge is 2.24. The van der Waals surface area contributed by atoms with Crippen LogP contribution in [0.15, 0.2) is 52.4 Å². The van der Waals surface area contributed by atoms with Gasteiger partial charge in [-0.3, -0.25) is 0 Å². The van der Waals surface area contributed by atoms with Crippen LogP contribution in [0.4, 0.5) is 10.5 Å². The first kappa shape index (κ1) is 23.6. The summed E-state index contributed by atoms with van der Waals surface area (Å²) in [6, 6.07) is 11.6. The van der Waals surface area contributed by atoms with Gasteiger partial charge >= 0.3 is 6.09 Å². The summed E-state index contributed by atoms with van der Waals surface area (Å²) in [5.41, 5.74) is 7.50. The van der Waals surface area contributed by atoms with Gasteiger partial charge in [0.1, 0.15) is 22.9 Å². The van der Waals surface area contributed by atoms with Gasteiger partial charge in [0.2, 0.25) is 0 Å². The normalized spacial score (nSPS) is 16.9. The molecule has 172 valence electrons. The smallest absolute Gasteiger partial charge is 0.408 e. The van der Waals surface area contributed by atoms with Crippen LogP contribution in [0.2, 0.25) is 0 Å². The van der Waals surface area contributed by atoms with Crippen molar-refractivity contribution in [2.24, 2.45) is 10.7 Å². The van der Waals surface area contributed by atoms with E-state index in [0.29, 0.717) is 23.7 Å². The molecule has 0 saturated carbocycles. The molecule has 2 unspecified atom stereocenters. The van der Waals surface area contributed by atoms with Gasteiger partial charge in [0.05, 0.1) is 10.9 Å². The number of hydrogen-bond acceptors (Lipinski definition) is 7. The lowest BCUT2D eigenvalue weighted by molar-refractivity contribution is 0.0503. The van der Waals surface area contributed by atoms with Crippen LogP contribution in [0.1, 0.15) is 44.9 Å². The summed E-state index contributed by atoms with van der Waals surface area (Å²) in [4.78, 5) is 17.2. The number of sulfone groups is 1. The molecule has 1 amide bonds. The number of alkyl carbamates (subject to hydrolysis) is 1. The number of amidine groups is 1. The lowest BCUT2D eigenvalue weighted by Gasteiger charge is -2.26. The quantitative estimate of drug-likeness (QED) is 0.704. The number of hydrogen-bond donors (Lipinski definition) is 2. The van der Waals surface area contributed by atoms with E-state index in [0.717, 1.165) is 17.4 Å². The van der Waals surface area contributed by atoms with Crippen LogP contribution in [0.5, 0.6) is 5.75 Å². The molecule has 0 fully saturated rings. The molecule has 1 aliphatic rings. The second kappa shape index (κ2) is 8.82. The first-order chi connectivity index (χ1) is 14.8. The Balaban J connectivity index is 1.91. The number of rotatable bonds is 5. The molecule has 0 saturated heterocycles. The molecule has 2 aromatic carbocycles. The fraction of sp³-hybridized carbons (Fsp3) is 0.391. The maximum Gasteiger partial charge on any atom is 0.408 e. The zero-order valence-electron chi connectivity index (χ0n) is 18.9. The van der Waals surface area contributed by atoms with Crippen LogP contribution < -0.4 is 15.8 Å². The second-order valence-corrected chi connectivity index (χ2v) is 10.9. The number of nitrogens with two attached hydrogens (primary N) is 1. The molecular weight excluding hydrogens is 430 g/mol. The van der Waals surface area contributed by atoms with E-state index in [4.69, 9.17) is 15.2 Å². The van der Waals surface area contributed by atoms with Gasteiger partial charge in [-0.05, 0) is 69.5 Å². The number of benzene rings is 2. The third-order valence-electron chi connectivity index (χ3n) is 4.84. The Morgan fingerprint density at radius 1 is 1.22 bits per heavy atom. The summed E-state index contributed by atoms with van der Waals surface area (Å²) < 4.78 is 34.7. The maximum absolute atomic E-state index is 12.5. The molecule has 2 atom stereocenters. The Hall–Kier alpha value is -3.07. The minimum atomic E-state index is -3.29. The van der Waals surface area contributed by atoms with Crippen LogP contribution in [0.3, 0.4) is 0 Å². The summed E-state index contributed by atoms with van der Waals surface area (Å²) >= 11 is 0. The molecule has 0 aromatic heterocycles. The van der Waals surface area contributed by atoms with E-state index in [2.05, 4.69) is 10.3 Å². The molecule has 1 aliphatic heterocycles. The molecule has 3 N–H and O–H groups in total. The van der Waals surface area contributed by atoms with E-state index in [-0.39, 0.29) is 11.0 Å². The van der Waals surface area contributed by atoms with E-state index in [1.54, 1.807) is 51.1 Å². The van der Waals surface area contributed by atoms with Crippen LogP contribution in [0, 0.1) is 0 Å². The molecule has 9 heteroatoms. The van der Waals surface area contributed by atoms with Gasteiger partial charge in [0.25, 0.3) is 0 Å². The Morgan fingerprint density at radius 3 is 2.47 bits per heavy atom. The van der Waals surface area contributed by atoms with Crippen molar-refractivity contribution in [1.82, 2.24) is 5.32 Å². The number of fused-ring (bicyclic) bond motifs is 1. The molecule has 3 rings (SSSR count). The number of carbonyl (C=O) groups is 1. The van der Waals surface area contributed by atoms with E-state index >= 15 is 0 Å². The van der Waals surface area contributed by atoms with Gasteiger partial charge in [0, 0.05) is 6.26 Å². The largest absolute Gasteiger partial charge is 0.481 e. The third-order valence-corrected chi connectivity index (χ3v) is 5.97. The molecule has 8 nitrogen and oxygen atoms in total. The number of carbonyl (C=O) groups excluding carboxylic acids is 1. The zero-order chi connectivity index (χ0) is 23.7. The molecule has 0 aliphatic carbocycles. The average Bonchev–Trinajstić information content (AvgIpc) is 2.66. The first-order valence-electron chi connectivity index (χ1n) is 10.2. The van der Waals surface area contributed by atoms with Crippen molar-refractivity contribution in [3.05, 3.63) is 53.6 Å². The van der Waals surface area contributed by atoms with E-state index < -0.39 is 27.6 Å². The van der Waals surface area contributed by atoms with Gasteiger partial charge in [-0.2, -0.15) is 0 Å². The van der Waals surface area contributed by atoms with Crippen LogP contribution in [-0.4, -0.2) is 38.3 Å². The van der Waals surface area contributed by atoms with Crippen molar-refractivity contribution in [3.8, 4) is 5.75 Å². The zero-order valence-corrected chi connectivity index (χ0v) is 19.7. The number of aliphatic imine (C=N–C) groups is 1. The molecule has 32 heavy (non-hydrogen) atoms. The minimum Gasteiger partial charge on any atom is -0.481 e. The standard InChI is InChI=1S/C23H29N3O5S/c1-14-21(24)25-19-13-16(8-11-20(19)30-14)18(26-22(27)31-23(2,3)4)12-15-6-9-17(10-7-15)32(5,28)29/h6-11,13-14,18H,12H2,1-5H3,(H2,24,25)(H,26,27). The minimum absolute atomic E-state index is 0.239. The van der Waals surface area contributed by atoms with Gasteiger partial charge in [-0.25, -0.2) is 18.2 Å². The number of nitrogens with zero attached hydrogens (tertiary/aromatic N) is 1. The van der Waals surface area contributed by atoms with Crippen molar-refractivity contribution in [1.29, 1.82) is 0 Å². The van der Waals surface area contributed by atoms with E-state index in [9.17, 15) is 13.2 Å². The van der Waals surface area contributed by atoms with Crippen molar-refractivity contribution >= 4 is 27.5 Å². The Morgan fingerprint density at radius 2 is 1.88 bits per heavy atom. The number of nitrogens with one attached hydrogen (secondary N) is 1. The Kier molecular flexibility index (Phi) is 6.50. The lowest BCUT2D eigenvalue weighted by Crippen LogP contribution is -2.36. The molecule has 0 spiro atoms. The van der Waals surface area contributed by atoms with Gasteiger partial charge in [-0.15, -0.1) is 0 Å². The Labute approximate surface area is 188 Å². The van der Waals surface area contributed by atoms with Crippen LogP contribution in [0.25, 0.3) is 0 Å². The van der Waals surface area contributed by atoms with E-state index in [1.807, 2.05) is 19.1 Å². The summed E-state index contributed by atoms with van der Waals surface area (Å²) in [6.45, 7) is 7.20. The molecule has 0 radical (unpaired) electrons. The van der Waals surface area contributed by atoms with Crippen molar-refractivity contribution in [3.63, 3.8) is 0 Å². The Bertz CT molecular complexity index is 1140. The summed E-state index contributed by atoms with van der Waals surface area (Å²) in [5.74, 6) is 0.992. The SMILES string of the molecule is CC1Oc2ccc(C(Cc3ccc(S(C)(=O)=O)cc3)NC(=O)OC(C)(C)C)cc2N=C1N. The highest BCUT2D eigenvalue weighted by Crippen LogP contribution is 2.35. The highest BCUT2D eigenvalue weighted by molar-refractivity contribution is 7.90. The number of amides is 1. The van der Waals surface area contributed by atoms with E-state index in [1.165, 1.54) is 0 Å². The number of ether oxygens (including phenoxy) is 2. The van der Waals surface area contributed by atoms with Gasteiger partial charge in [0.15, 0.2) is 15.9 Å². The predicted molar refractivity (Wildman–Crippen MR) is 123 cm³/mol. The first-order valence-corrected chi connectivity index (χ1v) is 12.1. The molecule has 0 bridgehead atoms. The van der Waals surface area contributed by atoms with Crippen molar-refractivity contribution in [2.75, 3.05) is 6.26 Å². The lowest BCUT2D eigenvalue weighted by atomic mass is 9.98. The summed E-state index contributed by atoms with van der Waals surface area (Å²) in [6.07, 6.45) is 0.716. The van der Waals surface area contributed by atoms with Crippen molar-refractivity contribution < 1.29 is 22.7 Å². The molecule has 1 heterocycles. The third kappa shape index (κ3) is 6.00. The maximum atomic E-state index is 12.5. The highest BCUT2D eigenvalue weighted by atomic mass is 32.2. The van der Waals surface area contributed by atoms with Gasteiger partial charge in [-0.1, -0.05) is 18.2 Å². The topological polar surface area (TPSA) is 120 Å².